The van der Waals surface area contributed by atoms with Gasteiger partial charge in [0.15, 0.2) is 0 Å². The third-order valence-electron chi connectivity index (χ3n) is 4.12. The van der Waals surface area contributed by atoms with Gasteiger partial charge in [0.2, 0.25) is 20.1 Å². The van der Waals surface area contributed by atoms with Crippen molar-refractivity contribution in [1.82, 2.24) is 4.73 Å². The third kappa shape index (κ3) is 4.67. The van der Waals surface area contributed by atoms with Gasteiger partial charge in [-0.2, -0.15) is 0 Å². The normalized spacial score (nSPS) is 12.0. The maximum atomic E-state index is 12.2. The monoisotopic (exact) mass is 377 g/mol. The van der Waals surface area contributed by atoms with Gasteiger partial charge in [0.25, 0.3) is 0 Å². The van der Waals surface area contributed by atoms with Gasteiger partial charge in [-0.25, -0.2) is 4.79 Å². The second-order valence-electron chi connectivity index (χ2n) is 7.53. The van der Waals surface area contributed by atoms with Gasteiger partial charge in [0.05, 0.1) is 5.56 Å². The fourth-order valence-corrected chi connectivity index (χ4v) is 7.34. The molecule has 0 unspecified atom stereocenters. The van der Waals surface area contributed by atoms with Crippen LogP contribution in [0.25, 0.3) is 0 Å². The number of carbonyl (C=O) groups excluding carboxylic acids is 1. The molecule has 2 aromatic rings. The van der Waals surface area contributed by atoms with E-state index < -0.39 is 14.3 Å². The quantitative estimate of drug-likeness (QED) is 0.645. The molecule has 1 aromatic carbocycles. The molecule has 0 aliphatic heterocycles. The Labute approximate surface area is 154 Å². The summed E-state index contributed by atoms with van der Waals surface area (Å²) in [6.45, 7) is 8.39. The Morgan fingerprint density at radius 1 is 0.962 bits per heavy atom. The predicted octanol–water partition coefficient (Wildman–Crippen LogP) is 2.63. The number of aromatic hydroxyl groups is 2. The average molecular weight is 378 g/mol. The number of nitrogens with zero attached hydrogens (tertiary/aromatic N) is 1. The lowest BCUT2D eigenvalue weighted by molar-refractivity contribution is 0.0382. The van der Waals surface area contributed by atoms with Crippen LogP contribution in [-0.2, 0) is 0 Å². The van der Waals surface area contributed by atoms with E-state index in [-0.39, 0.29) is 17.3 Å². The Morgan fingerprint density at radius 2 is 1.42 bits per heavy atom. The second kappa shape index (κ2) is 7.97. The van der Waals surface area contributed by atoms with Gasteiger partial charge in [-0.3, -0.25) is 0 Å². The van der Waals surface area contributed by atoms with E-state index >= 15 is 0 Å². The van der Waals surface area contributed by atoms with Crippen LogP contribution in [-0.4, -0.2) is 34.0 Å². The molecule has 0 radical (unpaired) electrons. The Bertz CT molecular complexity index is 722. The molecule has 1 aromatic heterocycles. The minimum Gasteiger partial charge on any atom is -0.492 e. The van der Waals surface area contributed by atoms with Crippen molar-refractivity contribution in [3.8, 4) is 11.8 Å². The number of benzene rings is 1. The number of carbonyl (C=O) groups is 1. The van der Waals surface area contributed by atoms with E-state index in [9.17, 15) is 19.8 Å². The lowest BCUT2D eigenvalue weighted by atomic mass is 10.2. The van der Waals surface area contributed by atoms with Crippen LogP contribution in [0.2, 0.25) is 12.1 Å². The molecule has 0 spiro atoms. The fourth-order valence-electron chi connectivity index (χ4n) is 3.22. The molecule has 0 atom stereocenters. The second-order valence-corrected chi connectivity index (χ2v) is 11.0. The van der Waals surface area contributed by atoms with Crippen molar-refractivity contribution in [2.75, 3.05) is 0 Å². The Morgan fingerprint density at radius 3 is 1.85 bits per heavy atom. The Hall–Kier alpha value is -2.25. The van der Waals surface area contributed by atoms with Crippen molar-refractivity contribution in [2.45, 2.75) is 39.8 Å². The van der Waals surface area contributed by atoms with Crippen LogP contribution in [0.15, 0.2) is 36.4 Å². The van der Waals surface area contributed by atoms with Gasteiger partial charge < -0.3 is 19.8 Å². The standard InChI is InChI=1S/C19H27NO5Si/c1-13(2)11-26(24,12-14(3)4)16-7-5-15(6-8-16)19(23)25-20-17(21)9-10-18(20)22/h5-10,13-14,21-22,24H,11-12H2,1-4H3. The first-order chi connectivity index (χ1) is 12.1. The first-order valence-corrected chi connectivity index (χ1v) is 11.1. The smallest absolute Gasteiger partial charge is 0.363 e. The van der Waals surface area contributed by atoms with Crippen LogP contribution >= 0.6 is 0 Å². The van der Waals surface area contributed by atoms with Crippen molar-refractivity contribution >= 4 is 19.5 Å². The molecule has 0 amide bonds. The molecule has 2 rings (SSSR count). The van der Waals surface area contributed by atoms with Crippen LogP contribution in [0.3, 0.4) is 0 Å². The molecule has 0 aliphatic rings. The van der Waals surface area contributed by atoms with Gasteiger partial charge >= 0.3 is 5.97 Å². The summed E-state index contributed by atoms with van der Waals surface area (Å²) in [6.07, 6.45) is 0. The van der Waals surface area contributed by atoms with Crippen LogP contribution in [0.1, 0.15) is 38.1 Å². The summed E-state index contributed by atoms with van der Waals surface area (Å²) in [7, 11) is -2.63. The summed E-state index contributed by atoms with van der Waals surface area (Å²) in [5, 5.41) is 20.0. The zero-order valence-corrected chi connectivity index (χ0v) is 16.6. The van der Waals surface area contributed by atoms with E-state index in [4.69, 9.17) is 4.84 Å². The SMILES string of the molecule is CC(C)C[Si](O)(CC(C)C)c1ccc(C(=O)On2c(O)ccc2O)cc1. The van der Waals surface area contributed by atoms with Gasteiger partial charge in [0.1, 0.15) is 0 Å². The average Bonchev–Trinajstić information content (AvgIpc) is 2.85. The van der Waals surface area contributed by atoms with Crippen molar-refractivity contribution in [3.63, 3.8) is 0 Å². The van der Waals surface area contributed by atoms with E-state index in [1.807, 2.05) is 0 Å². The van der Waals surface area contributed by atoms with Crippen LogP contribution in [0.4, 0.5) is 0 Å². The Balaban J connectivity index is 2.21. The molecule has 0 aliphatic carbocycles. The van der Waals surface area contributed by atoms with Gasteiger partial charge in [-0.15, -0.1) is 4.73 Å². The molecule has 26 heavy (non-hydrogen) atoms. The highest BCUT2D eigenvalue weighted by Gasteiger charge is 2.35. The number of aromatic nitrogens is 1. The highest BCUT2D eigenvalue weighted by atomic mass is 28.4. The molecule has 1 heterocycles. The van der Waals surface area contributed by atoms with Crippen molar-refractivity contribution in [1.29, 1.82) is 0 Å². The summed E-state index contributed by atoms with van der Waals surface area (Å²) in [6, 6.07) is 10.7. The third-order valence-corrected chi connectivity index (χ3v) is 8.51. The molecular formula is C19H27NO5Si. The topological polar surface area (TPSA) is 91.9 Å². The summed E-state index contributed by atoms with van der Waals surface area (Å²) in [4.78, 5) is 28.5. The zero-order valence-electron chi connectivity index (χ0n) is 15.6. The van der Waals surface area contributed by atoms with Crippen molar-refractivity contribution in [2.24, 2.45) is 11.8 Å². The minimum atomic E-state index is -2.63. The zero-order chi connectivity index (χ0) is 19.5. The van der Waals surface area contributed by atoms with Crippen LogP contribution in [0.5, 0.6) is 11.8 Å². The maximum absolute atomic E-state index is 12.2. The molecule has 0 saturated carbocycles. The lowest BCUT2D eigenvalue weighted by Crippen LogP contribution is -2.50. The van der Waals surface area contributed by atoms with E-state index in [2.05, 4.69) is 27.7 Å². The van der Waals surface area contributed by atoms with Crippen LogP contribution in [0, 0.1) is 11.8 Å². The summed E-state index contributed by atoms with van der Waals surface area (Å²) < 4.78 is 0.652. The van der Waals surface area contributed by atoms with Gasteiger partial charge in [-0.05, 0) is 41.2 Å². The summed E-state index contributed by atoms with van der Waals surface area (Å²) in [5.74, 6) is -0.688. The molecular weight excluding hydrogens is 350 g/mol. The molecule has 0 saturated heterocycles. The van der Waals surface area contributed by atoms with Gasteiger partial charge in [-0.1, -0.05) is 39.8 Å². The van der Waals surface area contributed by atoms with Crippen LogP contribution < -0.4 is 10.0 Å². The molecule has 142 valence electrons. The molecule has 0 fully saturated rings. The molecule has 7 heteroatoms. The van der Waals surface area contributed by atoms with Gasteiger partial charge in [0, 0.05) is 12.1 Å². The molecule has 0 bridgehead atoms. The molecule has 3 N–H and O–H groups in total. The number of rotatable bonds is 7. The first-order valence-electron chi connectivity index (χ1n) is 8.77. The highest BCUT2D eigenvalue weighted by molar-refractivity contribution is 6.85. The van der Waals surface area contributed by atoms with Crippen molar-refractivity contribution < 1.29 is 24.6 Å². The first kappa shape index (κ1) is 20.1. The molecule has 6 nitrogen and oxygen atoms in total. The summed E-state index contributed by atoms with van der Waals surface area (Å²) >= 11 is 0. The lowest BCUT2D eigenvalue weighted by Gasteiger charge is -2.29. The number of hydrogen-bond acceptors (Lipinski definition) is 5. The van der Waals surface area contributed by atoms with E-state index in [1.54, 1.807) is 24.3 Å². The fraction of sp³-hybridized carbons (Fsp3) is 0.421. The number of hydrogen-bond donors (Lipinski definition) is 3. The summed E-state index contributed by atoms with van der Waals surface area (Å²) in [5.41, 5.74) is 0.270. The highest BCUT2D eigenvalue weighted by Crippen LogP contribution is 2.23. The largest absolute Gasteiger partial charge is 0.492 e. The van der Waals surface area contributed by atoms with E-state index in [0.29, 0.717) is 16.6 Å². The Kier molecular flexibility index (Phi) is 6.15. The minimum absolute atomic E-state index is 0.270. The van der Waals surface area contributed by atoms with E-state index in [1.165, 1.54) is 12.1 Å². The van der Waals surface area contributed by atoms with Crippen molar-refractivity contribution in [3.05, 3.63) is 42.0 Å². The predicted molar refractivity (Wildman–Crippen MR) is 102 cm³/mol. The van der Waals surface area contributed by atoms with E-state index in [0.717, 1.165) is 17.3 Å². The maximum Gasteiger partial charge on any atom is 0.363 e.